The van der Waals surface area contributed by atoms with Crippen LogP contribution in [-0.2, 0) is 0 Å². The lowest BCUT2D eigenvalue weighted by Gasteiger charge is -2.18. The molecule has 0 radical (unpaired) electrons. The Balaban J connectivity index is 2.44. The molecule has 0 fully saturated rings. The zero-order valence-corrected chi connectivity index (χ0v) is 11.6. The van der Waals surface area contributed by atoms with E-state index >= 15 is 0 Å². The quantitative estimate of drug-likeness (QED) is 0.547. The van der Waals surface area contributed by atoms with Gasteiger partial charge in [-0.25, -0.2) is 0 Å². The number of hydrogen-bond acceptors (Lipinski definition) is 1. The first kappa shape index (κ1) is 12.2. The molecule has 2 rings (SSSR count). The zero-order valence-electron chi connectivity index (χ0n) is 8.27. The molecule has 0 heterocycles. The Bertz CT molecular complexity index is 454. The minimum Gasteiger partial charge on any atom is -0.150 e. The van der Waals surface area contributed by atoms with Gasteiger partial charge in [-0.3, -0.25) is 0 Å². The van der Waals surface area contributed by atoms with Gasteiger partial charge in [0.2, 0.25) is 0 Å². The van der Waals surface area contributed by atoms with Gasteiger partial charge in [0.25, 0.3) is 0 Å². The molecule has 0 aliphatic rings. The Labute approximate surface area is 113 Å². The largest absolute Gasteiger partial charge is 0.150 e. The number of benzene rings is 2. The van der Waals surface area contributed by atoms with Crippen molar-refractivity contribution in [1.29, 1.82) is 0 Å². The Morgan fingerprint density at radius 2 is 1.12 bits per heavy atom. The lowest BCUT2D eigenvalue weighted by Crippen LogP contribution is -1.82. The highest BCUT2D eigenvalue weighted by Crippen LogP contribution is 2.52. The molecule has 0 N–H and O–H groups in total. The third kappa shape index (κ3) is 2.51. The fraction of sp³-hybridized carbons (Fsp3) is 0. The van der Waals surface area contributed by atoms with E-state index < -0.39 is 9.93 Å². The van der Waals surface area contributed by atoms with Crippen LogP contribution in [0.15, 0.2) is 58.3 Å². The van der Waals surface area contributed by atoms with Crippen LogP contribution in [0.4, 0.5) is 0 Å². The van der Waals surface area contributed by atoms with Gasteiger partial charge in [0.1, 0.15) is 0 Å². The summed E-state index contributed by atoms with van der Waals surface area (Å²) in [7, 11) is -0.782. The molecule has 0 aromatic heterocycles. The first-order valence-corrected chi connectivity index (χ1v) is 7.93. The van der Waals surface area contributed by atoms with Crippen LogP contribution < -0.4 is 0 Å². The van der Waals surface area contributed by atoms with Gasteiger partial charge in [-0.05, 0) is 24.3 Å². The summed E-state index contributed by atoms with van der Waals surface area (Å²) in [6.07, 6.45) is 0. The standard InChI is InChI=1S/C12H10Cl2S2/c13-9-5-1-3-7-11(9)16(15)12-8-4-2-6-10(12)14/h1-8,15-16H. The van der Waals surface area contributed by atoms with Crippen molar-refractivity contribution in [1.82, 2.24) is 0 Å². The predicted octanol–water partition coefficient (Wildman–Crippen LogP) is 5.26. The molecule has 0 spiro atoms. The van der Waals surface area contributed by atoms with Gasteiger partial charge < -0.3 is 0 Å². The van der Waals surface area contributed by atoms with Gasteiger partial charge in [0, 0.05) is 9.79 Å². The van der Waals surface area contributed by atoms with E-state index in [0.717, 1.165) is 19.8 Å². The first-order chi connectivity index (χ1) is 7.70. The summed E-state index contributed by atoms with van der Waals surface area (Å²) >= 11 is 16.9. The van der Waals surface area contributed by atoms with Crippen LogP contribution in [0, 0.1) is 0 Å². The van der Waals surface area contributed by atoms with E-state index in [1.54, 1.807) is 0 Å². The molecule has 0 saturated carbocycles. The van der Waals surface area contributed by atoms with E-state index in [0.29, 0.717) is 0 Å². The third-order valence-electron chi connectivity index (χ3n) is 2.16. The molecule has 16 heavy (non-hydrogen) atoms. The van der Waals surface area contributed by atoms with Crippen molar-refractivity contribution in [2.45, 2.75) is 9.79 Å². The Hall–Kier alpha value is -0.280. The molecule has 0 saturated heterocycles. The van der Waals surface area contributed by atoms with Crippen LogP contribution in [0.3, 0.4) is 0 Å². The van der Waals surface area contributed by atoms with Crippen molar-refractivity contribution in [3.63, 3.8) is 0 Å². The van der Waals surface area contributed by atoms with E-state index in [1.807, 2.05) is 48.5 Å². The highest BCUT2D eigenvalue weighted by atomic mass is 35.5. The predicted molar refractivity (Wildman–Crippen MR) is 77.4 cm³/mol. The number of halogens is 2. The molecule has 0 unspecified atom stereocenters. The Morgan fingerprint density at radius 3 is 1.50 bits per heavy atom. The summed E-state index contributed by atoms with van der Waals surface area (Å²) in [4.78, 5) is 2.08. The fourth-order valence-corrected chi connectivity index (χ4v) is 4.82. The molecule has 0 nitrogen and oxygen atoms in total. The summed E-state index contributed by atoms with van der Waals surface area (Å²) in [6.45, 7) is 0. The second-order valence-electron chi connectivity index (χ2n) is 3.21. The SMILES string of the molecule is S[SH](c1ccccc1Cl)c1ccccc1Cl. The normalized spacial score (nSPS) is 11.3. The molecule has 2 aromatic carbocycles. The van der Waals surface area contributed by atoms with Gasteiger partial charge in [-0.1, -0.05) is 47.5 Å². The van der Waals surface area contributed by atoms with Crippen LogP contribution in [0.2, 0.25) is 10.0 Å². The van der Waals surface area contributed by atoms with Gasteiger partial charge in [-0.2, -0.15) is 9.93 Å². The number of rotatable bonds is 2. The summed E-state index contributed by atoms with van der Waals surface area (Å²) in [5.74, 6) is 0. The second-order valence-corrected chi connectivity index (χ2v) is 6.82. The zero-order chi connectivity index (χ0) is 11.5. The minimum atomic E-state index is -0.782. The van der Waals surface area contributed by atoms with E-state index in [9.17, 15) is 0 Å². The van der Waals surface area contributed by atoms with E-state index in [4.69, 9.17) is 23.2 Å². The van der Waals surface area contributed by atoms with Crippen LogP contribution in [-0.4, -0.2) is 0 Å². The van der Waals surface area contributed by atoms with Crippen LogP contribution in [0.5, 0.6) is 0 Å². The van der Waals surface area contributed by atoms with Gasteiger partial charge in [0.15, 0.2) is 0 Å². The summed E-state index contributed by atoms with van der Waals surface area (Å²) in [5.41, 5.74) is 0. The average Bonchev–Trinajstić information content (AvgIpc) is 2.29. The average molecular weight is 289 g/mol. The lowest BCUT2D eigenvalue weighted by molar-refractivity contribution is 1.40. The smallest absolute Gasteiger partial charge is 0.0535 e. The van der Waals surface area contributed by atoms with Crippen molar-refractivity contribution in [3.8, 4) is 0 Å². The van der Waals surface area contributed by atoms with Gasteiger partial charge in [0.05, 0.1) is 10.0 Å². The first-order valence-electron chi connectivity index (χ1n) is 4.68. The maximum atomic E-state index is 6.15. The van der Waals surface area contributed by atoms with Gasteiger partial charge in [-0.15, -0.1) is 11.7 Å². The highest BCUT2D eigenvalue weighted by Gasteiger charge is 2.11. The topological polar surface area (TPSA) is 0 Å². The van der Waals surface area contributed by atoms with Crippen molar-refractivity contribution in [3.05, 3.63) is 58.6 Å². The molecule has 2 aromatic rings. The molecule has 84 valence electrons. The highest BCUT2D eigenvalue weighted by molar-refractivity contribution is 8.78. The van der Waals surface area contributed by atoms with E-state index in [1.165, 1.54) is 0 Å². The molecule has 0 amide bonds. The maximum absolute atomic E-state index is 6.15. The molecule has 4 heteroatoms. The van der Waals surface area contributed by atoms with Crippen molar-refractivity contribution in [2.75, 3.05) is 0 Å². The van der Waals surface area contributed by atoms with Crippen LogP contribution >= 0.6 is 44.8 Å². The Morgan fingerprint density at radius 1 is 0.750 bits per heavy atom. The lowest BCUT2D eigenvalue weighted by atomic mass is 10.4. The molecule has 0 bridgehead atoms. The van der Waals surface area contributed by atoms with Crippen molar-refractivity contribution >= 4 is 44.8 Å². The molecular weight excluding hydrogens is 279 g/mol. The monoisotopic (exact) mass is 288 g/mol. The van der Waals surface area contributed by atoms with Crippen LogP contribution in [0.1, 0.15) is 0 Å². The molecular formula is C12H10Cl2S2. The van der Waals surface area contributed by atoms with E-state index in [2.05, 4.69) is 11.7 Å². The second kappa shape index (κ2) is 5.37. The van der Waals surface area contributed by atoms with E-state index in [-0.39, 0.29) is 0 Å². The third-order valence-corrected chi connectivity index (χ3v) is 6.07. The van der Waals surface area contributed by atoms with Crippen molar-refractivity contribution < 1.29 is 0 Å². The number of hydrogen-bond donors (Lipinski definition) is 2. The summed E-state index contributed by atoms with van der Waals surface area (Å²) in [6, 6.07) is 15.5. The van der Waals surface area contributed by atoms with Crippen molar-refractivity contribution in [2.24, 2.45) is 0 Å². The Kier molecular flexibility index (Phi) is 4.09. The molecule has 0 atom stereocenters. The number of thiol groups is 2. The molecule has 0 aliphatic heterocycles. The maximum Gasteiger partial charge on any atom is 0.0535 e. The summed E-state index contributed by atoms with van der Waals surface area (Å²) in [5, 5.41) is 1.48. The van der Waals surface area contributed by atoms with Crippen LogP contribution in [0.25, 0.3) is 0 Å². The fourth-order valence-electron chi connectivity index (χ4n) is 1.38. The minimum absolute atomic E-state index is 0.739. The molecule has 0 aliphatic carbocycles. The van der Waals surface area contributed by atoms with Gasteiger partial charge >= 0.3 is 0 Å². The summed E-state index contributed by atoms with van der Waals surface area (Å²) < 4.78 is 0.